The fourth-order valence-corrected chi connectivity index (χ4v) is 4.93. The van der Waals surface area contributed by atoms with E-state index < -0.39 is 23.6 Å². The van der Waals surface area contributed by atoms with E-state index in [1.54, 1.807) is 4.90 Å². The smallest absolute Gasteiger partial charge is 0.368 e. The summed E-state index contributed by atoms with van der Waals surface area (Å²) in [5.74, 6) is 0. The van der Waals surface area contributed by atoms with Gasteiger partial charge in [0.1, 0.15) is 0 Å². The molecule has 0 aliphatic carbocycles. The van der Waals surface area contributed by atoms with Crippen molar-refractivity contribution in [1.29, 1.82) is 0 Å². The van der Waals surface area contributed by atoms with Crippen molar-refractivity contribution in [3.8, 4) is 0 Å². The molecule has 2 aliphatic rings. The Balaban J connectivity index is 1.72. The summed E-state index contributed by atoms with van der Waals surface area (Å²) in [6.07, 6.45) is -8.93. The van der Waals surface area contributed by atoms with Gasteiger partial charge < -0.3 is 15.1 Å². The van der Waals surface area contributed by atoms with Crippen molar-refractivity contribution in [1.82, 2.24) is 10.3 Å². The first-order chi connectivity index (χ1) is 14.0. The number of aromatic nitrogens is 1. The van der Waals surface area contributed by atoms with Crippen LogP contribution in [0.2, 0.25) is 0 Å². The number of alkyl halides is 6. The number of halogens is 6. The molecule has 1 aromatic carbocycles. The quantitative estimate of drug-likeness (QED) is 0.681. The van der Waals surface area contributed by atoms with Gasteiger partial charge in [-0.1, -0.05) is 0 Å². The number of fused-ring (bicyclic) bond motifs is 1. The SMILES string of the molecule is C[C@@H]1CN(c2ccc(C(F)(F)F)c3c2CN(c2nc(C(F)(F)F)cs2)CC3)CCN1. The third kappa shape index (κ3) is 4.09. The second-order valence-electron chi connectivity index (χ2n) is 7.57. The van der Waals surface area contributed by atoms with Crippen molar-refractivity contribution >= 4 is 22.2 Å². The number of piperazine rings is 1. The predicted octanol–water partition coefficient (Wildman–Crippen LogP) is 4.54. The van der Waals surface area contributed by atoms with Crippen molar-refractivity contribution in [3.05, 3.63) is 39.9 Å². The van der Waals surface area contributed by atoms with E-state index >= 15 is 0 Å². The lowest BCUT2D eigenvalue weighted by molar-refractivity contribution is -0.141. The Hall–Kier alpha value is -2.01. The summed E-state index contributed by atoms with van der Waals surface area (Å²) >= 11 is 0.858. The number of nitrogens with zero attached hydrogens (tertiary/aromatic N) is 3. The van der Waals surface area contributed by atoms with Crippen LogP contribution in [0.15, 0.2) is 17.5 Å². The Morgan fingerprint density at radius 3 is 2.43 bits per heavy atom. The summed E-state index contributed by atoms with van der Waals surface area (Å²) in [7, 11) is 0. The molecular formula is C19H20F6N4S. The van der Waals surface area contributed by atoms with Crippen LogP contribution < -0.4 is 15.1 Å². The maximum absolute atomic E-state index is 13.6. The van der Waals surface area contributed by atoms with Gasteiger partial charge in [-0.25, -0.2) is 4.98 Å². The van der Waals surface area contributed by atoms with Crippen LogP contribution >= 0.6 is 11.3 Å². The zero-order chi connectivity index (χ0) is 21.7. The second kappa shape index (κ2) is 7.60. The van der Waals surface area contributed by atoms with E-state index in [0.717, 1.165) is 22.8 Å². The van der Waals surface area contributed by atoms with Crippen LogP contribution in [0, 0.1) is 0 Å². The number of anilines is 2. The van der Waals surface area contributed by atoms with Gasteiger partial charge in [-0.05, 0) is 36.6 Å². The Kier molecular flexibility index (Phi) is 5.38. The highest BCUT2D eigenvalue weighted by Gasteiger charge is 2.38. The molecule has 0 amide bonds. The van der Waals surface area contributed by atoms with Crippen LogP contribution in [-0.2, 0) is 25.3 Å². The molecule has 2 aliphatic heterocycles. The molecule has 3 heterocycles. The Morgan fingerprint density at radius 2 is 1.80 bits per heavy atom. The van der Waals surface area contributed by atoms with Crippen LogP contribution in [0.3, 0.4) is 0 Å². The Bertz CT molecular complexity index is 923. The molecule has 4 nitrogen and oxygen atoms in total. The lowest BCUT2D eigenvalue weighted by Crippen LogP contribution is -2.50. The van der Waals surface area contributed by atoms with Gasteiger partial charge >= 0.3 is 12.4 Å². The summed E-state index contributed by atoms with van der Waals surface area (Å²) in [6, 6.07) is 2.80. The normalized spacial score (nSPS) is 20.4. The van der Waals surface area contributed by atoms with Crippen molar-refractivity contribution in [2.24, 2.45) is 0 Å². The zero-order valence-electron chi connectivity index (χ0n) is 16.1. The standard InChI is InChI=1S/C19H20F6N4S/c1-11-8-28(7-5-26-11)15-3-2-14(18(20,21)22)12-4-6-29(9-13(12)15)17-27-16(10-30-17)19(23,24)25/h2-3,10-11,26H,4-9H2,1H3/t11-/m1/s1. The maximum Gasteiger partial charge on any atom is 0.434 e. The molecular weight excluding hydrogens is 430 g/mol. The van der Waals surface area contributed by atoms with E-state index in [4.69, 9.17) is 0 Å². The summed E-state index contributed by atoms with van der Waals surface area (Å²) in [5.41, 5.74) is -0.180. The largest absolute Gasteiger partial charge is 0.434 e. The van der Waals surface area contributed by atoms with Gasteiger partial charge in [-0.15, -0.1) is 11.3 Å². The Labute approximate surface area is 173 Å². The molecule has 0 saturated carbocycles. The van der Waals surface area contributed by atoms with Gasteiger partial charge in [0.05, 0.1) is 5.56 Å². The fourth-order valence-electron chi connectivity index (χ4n) is 4.08. The van der Waals surface area contributed by atoms with Crippen LogP contribution in [0.1, 0.15) is 29.3 Å². The molecule has 4 rings (SSSR count). The molecule has 1 aromatic heterocycles. The number of thiazole rings is 1. The zero-order valence-corrected chi connectivity index (χ0v) is 16.9. The van der Waals surface area contributed by atoms with Gasteiger partial charge in [0.15, 0.2) is 10.8 Å². The van der Waals surface area contributed by atoms with E-state index in [2.05, 4.69) is 10.3 Å². The van der Waals surface area contributed by atoms with Gasteiger partial charge in [0.2, 0.25) is 0 Å². The number of hydrogen-bond acceptors (Lipinski definition) is 5. The molecule has 0 spiro atoms. The fraction of sp³-hybridized carbons (Fsp3) is 0.526. The third-order valence-corrected chi connectivity index (χ3v) is 6.36. The second-order valence-corrected chi connectivity index (χ2v) is 8.41. The van der Waals surface area contributed by atoms with Gasteiger partial charge in [-0.2, -0.15) is 26.3 Å². The molecule has 1 atom stereocenters. The first-order valence-electron chi connectivity index (χ1n) is 9.52. The summed E-state index contributed by atoms with van der Waals surface area (Å²) in [4.78, 5) is 7.36. The molecule has 0 bridgehead atoms. The van der Waals surface area contributed by atoms with E-state index in [0.29, 0.717) is 30.9 Å². The molecule has 0 radical (unpaired) electrons. The molecule has 164 valence electrons. The summed E-state index contributed by atoms with van der Waals surface area (Å²) in [5, 5.41) is 4.41. The molecule has 0 unspecified atom stereocenters. The summed E-state index contributed by atoms with van der Waals surface area (Å²) in [6.45, 7) is 4.29. The average Bonchev–Trinajstić information content (AvgIpc) is 3.16. The van der Waals surface area contributed by atoms with Crippen molar-refractivity contribution < 1.29 is 26.3 Å². The minimum Gasteiger partial charge on any atom is -0.368 e. The first-order valence-corrected chi connectivity index (χ1v) is 10.4. The van der Waals surface area contributed by atoms with Crippen LogP contribution in [0.25, 0.3) is 0 Å². The minimum atomic E-state index is -4.55. The van der Waals surface area contributed by atoms with E-state index in [1.807, 2.05) is 11.8 Å². The third-order valence-electron chi connectivity index (χ3n) is 5.46. The van der Waals surface area contributed by atoms with Crippen LogP contribution in [-0.4, -0.2) is 37.2 Å². The minimum absolute atomic E-state index is 0.0949. The van der Waals surface area contributed by atoms with Gasteiger partial charge in [0.25, 0.3) is 0 Å². The number of rotatable bonds is 2. The van der Waals surface area contributed by atoms with Crippen LogP contribution in [0.5, 0.6) is 0 Å². The van der Waals surface area contributed by atoms with Crippen molar-refractivity contribution in [2.75, 3.05) is 36.0 Å². The van der Waals surface area contributed by atoms with Crippen molar-refractivity contribution in [2.45, 2.75) is 38.3 Å². The van der Waals surface area contributed by atoms with E-state index in [9.17, 15) is 26.3 Å². The Morgan fingerprint density at radius 1 is 1.03 bits per heavy atom. The highest BCUT2D eigenvalue weighted by molar-refractivity contribution is 7.13. The highest BCUT2D eigenvalue weighted by Crippen LogP contribution is 2.41. The van der Waals surface area contributed by atoms with Crippen molar-refractivity contribution in [3.63, 3.8) is 0 Å². The lowest BCUT2D eigenvalue weighted by Gasteiger charge is -2.38. The highest BCUT2D eigenvalue weighted by atomic mass is 32.1. The first kappa shape index (κ1) is 21.2. The molecule has 30 heavy (non-hydrogen) atoms. The average molecular weight is 450 g/mol. The molecule has 1 N–H and O–H groups in total. The van der Waals surface area contributed by atoms with E-state index in [-0.39, 0.29) is 36.2 Å². The molecule has 11 heteroatoms. The maximum atomic E-state index is 13.6. The number of nitrogens with one attached hydrogen (secondary N) is 1. The monoisotopic (exact) mass is 450 g/mol. The molecule has 2 aromatic rings. The topological polar surface area (TPSA) is 31.4 Å². The number of hydrogen-bond donors (Lipinski definition) is 1. The molecule has 1 saturated heterocycles. The van der Waals surface area contributed by atoms with Gasteiger partial charge in [0, 0.05) is 49.8 Å². The molecule has 1 fully saturated rings. The van der Waals surface area contributed by atoms with Crippen LogP contribution in [0.4, 0.5) is 37.2 Å². The van der Waals surface area contributed by atoms with Gasteiger partial charge in [-0.3, -0.25) is 0 Å². The summed E-state index contributed by atoms with van der Waals surface area (Å²) < 4.78 is 79.6. The number of benzene rings is 1. The lowest BCUT2D eigenvalue weighted by atomic mass is 9.92. The predicted molar refractivity (Wildman–Crippen MR) is 103 cm³/mol. The van der Waals surface area contributed by atoms with E-state index in [1.165, 1.54) is 6.07 Å².